The molecule has 1 aromatic heterocycles. The Hall–Kier alpha value is -2.69. The number of non-ortho nitro benzene ring substituents is 1. The van der Waals surface area contributed by atoms with Gasteiger partial charge in [0.05, 0.1) is 21.4 Å². The highest BCUT2D eigenvalue weighted by Gasteiger charge is 2.13. The average molecular weight is 450 g/mol. The molecule has 29 heavy (non-hydrogen) atoms. The van der Waals surface area contributed by atoms with E-state index in [2.05, 4.69) is 20.8 Å². The number of nitrogens with zero attached hydrogens (tertiary/aromatic N) is 3. The van der Waals surface area contributed by atoms with E-state index in [-0.39, 0.29) is 22.4 Å². The summed E-state index contributed by atoms with van der Waals surface area (Å²) in [7, 11) is 0. The maximum absolute atomic E-state index is 12.1. The summed E-state index contributed by atoms with van der Waals surface area (Å²) in [5, 5.41) is 25.5. The van der Waals surface area contributed by atoms with E-state index >= 15 is 0 Å². The van der Waals surface area contributed by atoms with Crippen LogP contribution in [-0.4, -0.2) is 26.8 Å². The third-order valence-corrected chi connectivity index (χ3v) is 6.21. The van der Waals surface area contributed by atoms with E-state index in [0.717, 1.165) is 5.69 Å². The molecule has 0 spiro atoms. The molecule has 0 aliphatic heterocycles. The van der Waals surface area contributed by atoms with E-state index < -0.39 is 4.92 Å². The second kappa shape index (κ2) is 9.21. The molecule has 0 aliphatic rings. The summed E-state index contributed by atoms with van der Waals surface area (Å²) in [4.78, 5) is 22.3. The zero-order valence-corrected chi connectivity index (χ0v) is 17.8. The molecule has 0 unspecified atom stereocenters. The van der Waals surface area contributed by atoms with Gasteiger partial charge in [0.1, 0.15) is 0 Å². The minimum absolute atomic E-state index is 0.103. The number of hydrogen-bond acceptors (Lipinski definition) is 8. The number of aryl methyl sites for hydroxylation is 2. The lowest BCUT2D eigenvalue weighted by molar-refractivity contribution is -0.384. The fourth-order valence-corrected chi connectivity index (χ4v) is 4.09. The number of nitro groups is 1. The zero-order chi connectivity index (χ0) is 21.0. The van der Waals surface area contributed by atoms with Crippen LogP contribution in [0.3, 0.4) is 0 Å². The number of thioether (sulfide) groups is 1. The highest BCUT2D eigenvalue weighted by atomic mass is 35.5. The molecule has 0 saturated heterocycles. The second-order valence-corrected chi connectivity index (χ2v) is 8.66. The molecule has 1 heterocycles. The summed E-state index contributed by atoms with van der Waals surface area (Å²) in [5.41, 5.74) is 3.49. The molecular formula is C18H16ClN5O3S2. The van der Waals surface area contributed by atoms with Crippen LogP contribution in [0.2, 0.25) is 5.02 Å². The minimum Gasteiger partial charge on any atom is -0.330 e. The van der Waals surface area contributed by atoms with E-state index in [1.807, 2.05) is 32.0 Å². The molecule has 11 heteroatoms. The minimum atomic E-state index is -0.549. The fraction of sp³-hybridized carbons (Fsp3) is 0.167. The van der Waals surface area contributed by atoms with Gasteiger partial charge in [0.15, 0.2) is 4.34 Å². The molecule has 8 nitrogen and oxygen atoms in total. The first kappa shape index (κ1) is 21.0. The number of anilines is 3. The lowest BCUT2D eigenvalue weighted by Gasteiger charge is -2.06. The van der Waals surface area contributed by atoms with Gasteiger partial charge in [0.2, 0.25) is 11.0 Å². The molecule has 0 fully saturated rings. The predicted octanol–water partition coefficient (Wildman–Crippen LogP) is 5.19. The van der Waals surface area contributed by atoms with Gasteiger partial charge >= 0.3 is 0 Å². The maximum atomic E-state index is 12.1. The van der Waals surface area contributed by atoms with E-state index in [4.69, 9.17) is 11.6 Å². The number of carbonyl (C=O) groups is 1. The van der Waals surface area contributed by atoms with Crippen LogP contribution in [0.15, 0.2) is 40.7 Å². The summed E-state index contributed by atoms with van der Waals surface area (Å²) >= 11 is 8.56. The molecule has 2 aromatic carbocycles. The lowest BCUT2D eigenvalue weighted by Crippen LogP contribution is -2.14. The molecular weight excluding hydrogens is 434 g/mol. The second-order valence-electron chi connectivity index (χ2n) is 6.06. The molecule has 0 bridgehead atoms. The molecule has 2 N–H and O–H groups in total. The molecule has 0 aliphatic carbocycles. The van der Waals surface area contributed by atoms with E-state index in [9.17, 15) is 14.9 Å². The van der Waals surface area contributed by atoms with Crippen LogP contribution in [0, 0.1) is 24.0 Å². The van der Waals surface area contributed by atoms with Crippen LogP contribution in [0.1, 0.15) is 11.1 Å². The highest BCUT2D eigenvalue weighted by molar-refractivity contribution is 8.01. The third-order valence-electron chi connectivity index (χ3n) is 3.93. The van der Waals surface area contributed by atoms with Gasteiger partial charge in [-0.05, 0) is 43.2 Å². The number of hydrogen-bond donors (Lipinski definition) is 2. The number of aromatic nitrogens is 2. The van der Waals surface area contributed by atoms with Crippen LogP contribution >= 0.6 is 34.7 Å². The van der Waals surface area contributed by atoms with Gasteiger partial charge < -0.3 is 10.6 Å². The van der Waals surface area contributed by atoms with Crippen molar-refractivity contribution in [1.82, 2.24) is 10.2 Å². The first-order chi connectivity index (χ1) is 13.8. The number of benzene rings is 2. The predicted molar refractivity (Wildman–Crippen MR) is 117 cm³/mol. The van der Waals surface area contributed by atoms with Gasteiger partial charge in [-0.2, -0.15) is 0 Å². The molecule has 150 valence electrons. The molecule has 3 aromatic rings. The Morgan fingerprint density at radius 3 is 2.69 bits per heavy atom. The number of amides is 1. The topological polar surface area (TPSA) is 110 Å². The summed E-state index contributed by atoms with van der Waals surface area (Å²) in [6.45, 7) is 4.09. The van der Waals surface area contributed by atoms with Gasteiger partial charge in [-0.3, -0.25) is 14.9 Å². The van der Waals surface area contributed by atoms with Crippen molar-refractivity contribution >= 4 is 62.8 Å². The summed E-state index contributed by atoms with van der Waals surface area (Å²) in [5.74, 6) is -0.199. The quantitative estimate of drug-likeness (QED) is 0.290. The standard InChI is InChI=1S/C18H16ClN5O3S2/c1-10-3-4-12(7-11(10)2)20-17-22-23-18(29-17)28-9-16(25)21-15-6-5-13(24(26)27)8-14(15)19/h3-8H,9H2,1-2H3,(H,20,22)(H,21,25). The Morgan fingerprint density at radius 2 is 2.00 bits per heavy atom. The van der Waals surface area contributed by atoms with Gasteiger partial charge in [-0.1, -0.05) is 40.8 Å². The van der Waals surface area contributed by atoms with Crippen molar-refractivity contribution in [2.45, 2.75) is 18.2 Å². The number of nitrogens with one attached hydrogen (secondary N) is 2. The normalized spacial score (nSPS) is 10.6. The third kappa shape index (κ3) is 5.66. The Labute approximate surface area is 179 Å². The molecule has 0 saturated carbocycles. The van der Waals surface area contributed by atoms with Gasteiger partial charge in [-0.25, -0.2) is 0 Å². The van der Waals surface area contributed by atoms with Crippen LogP contribution < -0.4 is 10.6 Å². The van der Waals surface area contributed by atoms with Gasteiger partial charge in [-0.15, -0.1) is 10.2 Å². The van der Waals surface area contributed by atoms with E-state index in [0.29, 0.717) is 15.2 Å². The molecule has 0 radical (unpaired) electrons. The van der Waals surface area contributed by atoms with Crippen molar-refractivity contribution in [1.29, 1.82) is 0 Å². The average Bonchev–Trinajstić information content (AvgIpc) is 3.12. The molecule has 0 atom stereocenters. The van der Waals surface area contributed by atoms with Crippen molar-refractivity contribution in [3.8, 4) is 0 Å². The van der Waals surface area contributed by atoms with Gasteiger partial charge in [0, 0.05) is 17.8 Å². The number of halogens is 1. The lowest BCUT2D eigenvalue weighted by atomic mass is 10.1. The van der Waals surface area contributed by atoms with Crippen molar-refractivity contribution < 1.29 is 9.72 Å². The Balaban J connectivity index is 1.54. The number of nitro benzene ring substituents is 1. The monoisotopic (exact) mass is 449 g/mol. The van der Waals surface area contributed by atoms with Crippen molar-refractivity contribution in [2.75, 3.05) is 16.4 Å². The SMILES string of the molecule is Cc1ccc(Nc2nnc(SCC(=O)Nc3ccc([N+](=O)[O-])cc3Cl)s2)cc1C. The van der Waals surface area contributed by atoms with Crippen LogP contribution in [0.4, 0.5) is 22.2 Å². The zero-order valence-electron chi connectivity index (χ0n) is 15.4. The van der Waals surface area contributed by atoms with Crippen molar-refractivity contribution in [3.05, 3.63) is 62.7 Å². The first-order valence-electron chi connectivity index (χ1n) is 8.36. The summed E-state index contributed by atoms with van der Waals surface area (Å²) in [6, 6.07) is 9.91. The summed E-state index contributed by atoms with van der Waals surface area (Å²) < 4.78 is 0.640. The summed E-state index contributed by atoms with van der Waals surface area (Å²) in [6.07, 6.45) is 0. The number of carbonyl (C=O) groups excluding carboxylic acids is 1. The van der Waals surface area contributed by atoms with Crippen LogP contribution in [0.5, 0.6) is 0 Å². The Morgan fingerprint density at radius 1 is 1.21 bits per heavy atom. The smallest absolute Gasteiger partial charge is 0.271 e. The Kier molecular flexibility index (Phi) is 6.68. The van der Waals surface area contributed by atoms with Crippen molar-refractivity contribution in [2.24, 2.45) is 0 Å². The van der Waals surface area contributed by atoms with Crippen LogP contribution in [0.25, 0.3) is 0 Å². The van der Waals surface area contributed by atoms with Crippen molar-refractivity contribution in [3.63, 3.8) is 0 Å². The Bertz CT molecular complexity index is 1070. The number of rotatable bonds is 7. The molecule has 3 rings (SSSR count). The molecule has 1 amide bonds. The van der Waals surface area contributed by atoms with E-state index in [1.54, 1.807) is 0 Å². The maximum Gasteiger partial charge on any atom is 0.271 e. The fourth-order valence-electron chi connectivity index (χ4n) is 2.29. The van der Waals surface area contributed by atoms with Gasteiger partial charge in [0.25, 0.3) is 5.69 Å². The highest BCUT2D eigenvalue weighted by Crippen LogP contribution is 2.29. The van der Waals surface area contributed by atoms with Crippen LogP contribution in [-0.2, 0) is 4.79 Å². The largest absolute Gasteiger partial charge is 0.330 e. The van der Waals surface area contributed by atoms with E-state index in [1.165, 1.54) is 52.4 Å². The first-order valence-corrected chi connectivity index (χ1v) is 10.5.